The van der Waals surface area contributed by atoms with Gasteiger partial charge in [0.2, 0.25) is 0 Å². The average molecular weight is 296 g/mol. The van der Waals surface area contributed by atoms with Crippen molar-refractivity contribution in [3.05, 3.63) is 60.3 Å². The lowest BCUT2D eigenvalue weighted by Gasteiger charge is -2.00. The van der Waals surface area contributed by atoms with Gasteiger partial charge in [-0.25, -0.2) is 0 Å². The Morgan fingerprint density at radius 2 is 1.81 bits per heavy atom. The smallest absolute Gasteiger partial charge is 0.149 e. The van der Waals surface area contributed by atoms with E-state index < -0.39 is 0 Å². The molecule has 0 fully saturated rings. The summed E-state index contributed by atoms with van der Waals surface area (Å²) in [5, 5.41) is 5.54. The van der Waals surface area contributed by atoms with Gasteiger partial charge in [0.15, 0.2) is 0 Å². The third kappa shape index (κ3) is 3.16. The first-order chi connectivity index (χ1) is 10.2. The van der Waals surface area contributed by atoms with Gasteiger partial charge in [-0.1, -0.05) is 36.4 Å². The summed E-state index contributed by atoms with van der Waals surface area (Å²) in [6.07, 6.45) is 0.390. The zero-order valence-electron chi connectivity index (χ0n) is 11.8. The van der Waals surface area contributed by atoms with E-state index in [2.05, 4.69) is 5.10 Å². The fraction of sp³-hybridized carbons (Fsp3) is 0.176. The monoisotopic (exact) mass is 296 g/mol. The Hall–Kier alpha value is -2.07. The summed E-state index contributed by atoms with van der Waals surface area (Å²) in [4.78, 5) is 13.3. The zero-order chi connectivity index (χ0) is 14.7. The van der Waals surface area contributed by atoms with Crippen LogP contribution in [0.15, 0.2) is 59.5 Å². The normalized spacial score (nSPS) is 10.9. The van der Waals surface area contributed by atoms with Crippen LogP contribution in [-0.4, -0.2) is 21.3 Å². The van der Waals surface area contributed by atoms with Crippen LogP contribution >= 0.6 is 11.8 Å². The number of hydrogen-bond donors (Lipinski definition) is 0. The number of Topliss-reactive ketones (excluding diaryl/α,β-unsaturated/α-hetero) is 1. The average Bonchev–Trinajstić information content (AvgIpc) is 2.83. The minimum atomic E-state index is 0.202. The summed E-state index contributed by atoms with van der Waals surface area (Å²) in [5.41, 5.74) is 1.93. The van der Waals surface area contributed by atoms with Crippen molar-refractivity contribution in [3.8, 4) is 0 Å². The Labute approximate surface area is 128 Å². The van der Waals surface area contributed by atoms with Crippen LogP contribution in [0.4, 0.5) is 0 Å². The molecule has 0 spiro atoms. The molecule has 0 radical (unpaired) electrons. The van der Waals surface area contributed by atoms with Gasteiger partial charge >= 0.3 is 0 Å². The summed E-state index contributed by atoms with van der Waals surface area (Å²) in [6, 6.07) is 18.0. The van der Waals surface area contributed by atoms with E-state index in [0.29, 0.717) is 12.2 Å². The van der Waals surface area contributed by atoms with E-state index in [1.807, 2.05) is 66.3 Å². The molecule has 0 aliphatic carbocycles. The number of carbonyl (C=O) groups excluding carboxylic acids is 1. The molecular formula is C17H16N2OS. The summed E-state index contributed by atoms with van der Waals surface area (Å²) >= 11 is 1.58. The molecule has 4 heteroatoms. The van der Waals surface area contributed by atoms with Crippen LogP contribution in [0.2, 0.25) is 0 Å². The van der Waals surface area contributed by atoms with Gasteiger partial charge in [-0.2, -0.15) is 5.10 Å². The van der Waals surface area contributed by atoms with Gasteiger partial charge in [0.05, 0.1) is 23.4 Å². The molecule has 0 unspecified atom stereocenters. The number of aromatic nitrogens is 2. The van der Waals surface area contributed by atoms with Gasteiger partial charge in [-0.05, 0) is 18.2 Å². The molecule has 3 rings (SSSR count). The fourth-order valence-electron chi connectivity index (χ4n) is 2.34. The molecule has 0 aliphatic heterocycles. The van der Waals surface area contributed by atoms with Gasteiger partial charge in [0.1, 0.15) is 5.78 Å². The largest absolute Gasteiger partial charge is 0.298 e. The highest BCUT2D eigenvalue weighted by Crippen LogP contribution is 2.20. The van der Waals surface area contributed by atoms with Crippen molar-refractivity contribution in [2.24, 2.45) is 7.05 Å². The molecule has 2 aromatic carbocycles. The Morgan fingerprint density at radius 1 is 1.10 bits per heavy atom. The first-order valence-corrected chi connectivity index (χ1v) is 7.83. The third-order valence-electron chi connectivity index (χ3n) is 3.34. The second-order valence-electron chi connectivity index (χ2n) is 4.90. The standard InChI is InChI=1S/C17H16N2OS/c1-19-17-10-6-5-9-15(17)16(18-19)11-13(20)12-21-14-7-3-2-4-8-14/h2-10H,11-12H2,1H3. The van der Waals surface area contributed by atoms with Crippen LogP contribution in [0.25, 0.3) is 10.9 Å². The van der Waals surface area contributed by atoms with Crippen molar-refractivity contribution < 1.29 is 4.79 Å². The van der Waals surface area contributed by atoms with Crippen molar-refractivity contribution in [2.45, 2.75) is 11.3 Å². The quantitative estimate of drug-likeness (QED) is 0.676. The number of rotatable bonds is 5. The lowest BCUT2D eigenvalue weighted by atomic mass is 10.1. The maximum atomic E-state index is 12.2. The van der Waals surface area contributed by atoms with E-state index in [4.69, 9.17) is 0 Å². The summed E-state index contributed by atoms with van der Waals surface area (Å²) in [6.45, 7) is 0. The van der Waals surface area contributed by atoms with Crippen LogP contribution in [0, 0.1) is 0 Å². The Bertz CT molecular complexity index is 765. The highest BCUT2D eigenvalue weighted by atomic mass is 32.2. The summed E-state index contributed by atoms with van der Waals surface area (Å²) < 4.78 is 1.84. The fourth-order valence-corrected chi connectivity index (χ4v) is 3.12. The minimum absolute atomic E-state index is 0.202. The zero-order valence-corrected chi connectivity index (χ0v) is 12.6. The first kappa shape index (κ1) is 13.9. The van der Waals surface area contributed by atoms with Crippen molar-refractivity contribution in [1.29, 1.82) is 0 Å². The summed E-state index contributed by atoms with van der Waals surface area (Å²) in [7, 11) is 1.91. The molecule has 0 saturated carbocycles. The number of fused-ring (bicyclic) bond motifs is 1. The van der Waals surface area contributed by atoms with Crippen LogP contribution < -0.4 is 0 Å². The molecule has 21 heavy (non-hydrogen) atoms. The van der Waals surface area contributed by atoms with E-state index in [1.54, 1.807) is 11.8 Å². The van der Waals surface area contributed by atoms with Crippen LogP contribution in [-0.2, 0) is 18.3 Å². The lowest BCUT2D eigenvalue weighted by Crippen LogP contribution is -2.06. The van der Waals surface area contributed by atoms with E-state index in [1.165, 1.54) is 0 Å². The number of hydrogen-bond acceptors (Lipinski definition) is 3. The highest BCUT2D eigenvalue weighted by molar-refractivity contribution is 8.00. The maximum Gasteiger partial charge on any atom is 0.149 e. The van der Waals surface area contributed by atoms with Gasteiger partial charge in [-0.15, -0.1) is 11.8 Å². The second-order valence-corrected chi connectivity index (χ2v) is 5.95. The Balaban J connectivity index is 1.69. The topological polar surface area (TPSA) is 34.9 Å². The molecule has 0 saturated heterocycles. The predicted molar refractivity (Wildman–Crippen MR) is 86.6 cm³/mol. The van der Waals surface area contributed by atoms with Crippen molar-refractivity contribution in [3.63, 3.8) is 0 Å². The molecule has 106 valence electrons. The Kier molecular flexibility index (Phi) is 4.06. The van der Waals surface area contributed by atoms with Crippen LogP contribution in [0.3, 0.4) is 0 Å². The summed E-state index contributed by atoms with van der Waals surface area (Å²) in [5.74, 6) is 0.683. The number of aryl methyl sites for hydroxylation is 1. The molecule has 0 bridgehead atoms. The van der Waals surface area contributed by atoms with E-state index >= 15 is 0 Å². The van der Waals surface area contributed by atoms with Gasteiger partial charge in [0, 0.05) is 17.3 Å². The minimum Gasteiger partial charge on any atom is -0.298 e. The number of thioether (sulfide) groups is 1. The number of benzene rings is 2. The second kappa shape index (κ2) is 6.14. The number of ketones is 1. The molecule has 3 aromatic rings. The highest BCUT2D eigenvalue weighted by Gasteiger charge is 2.12. The number of carbonyl (C=O) groups is 1. The number of nitrogens with zero attached hydrogens (tertiary/aromatic N) is 2. The first-order valence-electron chi connectivity index (χ1n) is 6.84. The van der Waals surface area contributed by atoms with Crippen molar-refractivity contribution >= 4 is 28.4 Å². The molecular weight excluding hydrogens is 280 g/mol. The molecule has 1 aromatic heterocycles. The van der Waals surface area contributed by atoms with Crippen molar-refractivity contribution in [2.75, 3.05) is 5.75 Å². The van der Waals surface area contributed by atoms with E-state index in [9.17, 15) is 4.79 Å². The van der Waals surface area contributed by atoms with Gasteiger partial charge < -0.3 is 0 Å². The van der Waals surface area contributed by atoms with Crippen LogP contribution in [0.5, 0.6) is 0 Å². The van der Waals surface area contributed by atoms with Gasteiger partial charge in [-0.3, -0.25) is 9.48 Å². The molecule has 1 heterocycles. The maximum absolute atomic E-state index is 12.2. The SMILES string of the molecule is Cn1nc(CC(=O)CSc2ccccc2)c2ccccc21. The molecule has 3 nitrogen and oxygen atoms in total. The van der Waals surface area contributed by atoms with E-state index in [0.717, 1.165) is 21.5 Å². The predicted octanol–water partition coefficient (Wildman–Crippen LogP) is 3.48. The Morgan fingerprint density at radius 3 is 2.62 bits per heavy atom. The molecule has 0 atom stereocenters. The molecule has 0 N–H and O–H groups in total. The third-order valence-corrected chi connectivity index (χ3v) is 4.41. The molecule has 0 amide bonds. The lowest BCUT2D eigenvalue weighted by molar-refractivity contribution is -0.116. The molecule has 0 aliphatic rings. The van der Waals surface area contributed by atoms with Crippen LogP contribution in [0.1, 0.15) is 5.69 Å². The van der Waals surface area contributed by atoms with Gasteiger partial charge in [0.25, 0.3) is 0 Å². The van der Waals surface area contributed by atoms with E-state index in [-0.39, 0.29) is 5.78 Å². The number of para-hydroxylation sites is 1. The van der Waals surface area contributed by atoms with Crippen molar-refractivity contribution in [1.82, 2.24) is 9.78 Å².